The highest BCUT2D eigenvalue weighted by molar-refractivity contribution is 6.30. The Morgan fingerprint density at radius 2 is 1.77 bits per heavy atom. The van der Waals surface area contributed by atoms with E-state index >= 15 is 0 Å². The van der Waals surface area contributed by atoms with E-state index < -0.39 is 11.9 Å². The molecule has 2 heterocycles. The van der Waals surface area contributed by atoms with Crippen molar-refractivity contribution in [2.75, 3.05) is 44.3 Å². The Bertz CT molecular complexity index is 980. The second kappa shape index (κ2) is 9.87. The smallest absolute Gasteiger partial charge is 0.355 e. The van der Waals surface area contributed by atoms with Crippen LogP contribution in [0, 0.1) is 13.8 Å². The number of carbonyl (C=O) groups is 3. The van der Waals surface area contributed by atoms with Gasteiger partial charge in [0.15, 0.2) is 6.61 Å². The van der Waals surface area contributed by atoms with Gasteiger partial charge in [-0.2, -0.15) is 0 Å². The number of nitrogens with one attached hydrogen (secondary N) is 1. The molecule has 9 heteroatoms. The number of hydrogen-bond donors (Lipinski definition) is 1. The number of esters is 2. The molecule has 1 aromatic heterocycles. The van der Waals surface area contributed by atoms with Gasteiger partial charge in [-0.25, -0.2) is 9.59 Å². The van der Waals surface area contributed by atoms with Crippen molar-refractivity contribution in [3.05, 3.63) is 51.8 Å². The Morgan fingerprint density at radius 1 is 1.06 bits per heavy atom. The maximum atomic E-state index is 12.5. The molecule has 1 aromatic carbocycles. The van der Waals surface area contributed by atoms with Gasteiger partial charge in [0.25, 0.3) is 5.91 Å². The SMILES string of the molecule is CCOC(=O)c1c(C)[nH]c(C(=O)OCC(=O)N2CCN(c3cccc(Cl)c3)CC2)c1C. The van der Waals surface area contributed by atoms with E-state index in [1.54, 1.807) is 25.7 Å². The third-order valence-electron chi connectivity index (χ3n) is 5.25. The monoisotopic (exact) mass is 447 g/mol. The molecular weight excluding hydrogens is 422 g/mol. The van der Waals surface area contributed by atoms with E-state index in [0.29, 0.717) is 48.0 Å². The van der Waals surface area contributed by atoms with Gasteiger partial charge in [-0.1, -0.05) is 17.7 Å². The van der Waals surface area contributed by atoms with Crippen LogP contribution in [0.15, 0.2) is 24.3 Å². The molecule has 1 aliphatic rings. The highest BCUT2D eigenvalue weighted by Crippen LogP contribution is 2.22. The predicted molar refractivity (Wildman–Crippen MR) is 117 cm³/mol. The van der Waals surface area contributed by atoms with Gasteiger partial charge in [0.05, 0.1) is 12.2 Å². The molecule has 0 aliphatic carbocycles. The molecule has 1 N–H and O–H groups in total. The average Bonchev–Trinajstić information content (AvgIpc) is 3.06. The number of aryl methyl sites for hydroxylation is 1. The van der Waals surface area contributed by atoms with Crippen LogP contribution >= 0.6 is 11.6 Å². The molecule has 0 radical (unpaired) electrons. The molecule has 0 saturated carbocycles. The number of benzene rings is 1. The number of halogens is 1. The standard InChI is InChI=1S/C22H26ClN3O5/c1-4-30-21(28)19-14(2)20(24-15(19)3)22(29)31-13-18(27)26-10-8-25(9-11-26)17-7-5-6-16(23)12-17/h5-7,12,24H,4,8-11,13H2,1-3H3. The molecule has 1 fully saturated rings. The lowest BCUT2D eigenvalue weighted by Gasteiger charge is -2.36. The summed E-state index contributed by atoms with van der Waals surface area (Å²) in [5, 5.41) is 0.670. The molecule has 0 spiro atoms. The molecule has 0 bridgehead atoms. The number of carbonyl (C=O) groups excluding carboxylic acids is 3. The summed E-state index contributed by atoms with van der Waals surface area (Å²) < 4.78 is 10.2. The summed E-state index contributed by atoms with van der Waals surface area (Å²) in [6, 6.07) is 7.59. The van der Waals surface area contributed by atoms with Gasteiger partial charge in [0, 0.05) is 42.6 Å². The zero-order chi connectivity index (χ0) is 22.5. The van der Waals surface area contributed by atoms with Crippen LogP contribution in [0.1, 0.15) is 39.0 Å². The van der Waals surface area contributed by atoms with Crippen molar-refractivity contribution in [3.63, 3.8) is 0 Å². The van der Waals surface area contributed by atoms with Crippen molar-refractivity contribution in [3.8, 4) is 0 Å². The summed E-state index contributed by atoms with van der Waals surface area (Å²) in [6.07, 6.45) is 0. The Hall–Kier alpha value is -3.00. The summed E-state index contributed by atoms with van der Waals surface area (Å²) in [4.78, 5) is 43.7. The molecule has 1 aliphatic heterocycles. The van der Waals surface area contributed by atoms with Crippen molar-refractivity contribution < 1.29 is 23.9 Å². The summed E-state index contributed by atoms with van der Waals surface area (Å²) in [5.74, 6) is -1.44. The van der Waals surface area contributed by atoms with Gasteiger partial charge in [0.1, 0.15) is 5.69 Å². The minimum Gasteiger partial charge on any atom is -0.462 e. The number of amides is 1. The van der Waals surface area contributed by atoms with Crippen LogP contribution in [0.5, 0.6) is 0 Å². The Balaban J connectivity index is 1.54. The van der Waals surface area contributed by atoms with Crippen LogP contribution < -0.4 is 4.90 Å². The second-order valence-electron chi connectivity index (χ2n) is 7.27. The number of aromatic amines is 1. The lowest BCUT2D eigenvalue weighted by molar-refractivity contribution is -0.134. The number of hydrogen-bond acceptors (Lipinski definition) is 6. The minimum absolute atomic E-state index is 0.152. The maximum absolute atomic E-state index is 12.5. The van der Waals surface area contributed by atoms with E-state index in [0.717, 1.165) is 5.69 Å². The topological polar surface area (TPSA) is 91.9 Å². The van der Waals surface area contributed by atoms with E-state index in [1.807, 2.05) is 24.3 Å². The fourth-order valence-electron chi connectivity index (χ4n) is 3.64. The minimum atomic E-state index is -0.679. The van der Waals surface area contributed by atoms with Crippen LogP contribution in [-0.4, -0.2) is 67.1 Å². The normalized spacial score (nSPS) is 13.8. The molecule has 1 amide bonds. The lowest BCUT2D eigenvalue weighted by atomic mass is 10.1. The fraction of sp³-hybridized carbons (Fsp3) is 0.409. The first kappa shape index (κ1) is 22.7. The Morgan fingerprint density at radius 3 is 2.42 bits per heavy atom. The van der Waals surface area contributed by atoms with Gasteiger partial charge in [-0.05, 0) is 44.5 Å². The Kier molecular flexibility index (Phi) is 7.22. The summed E-state index contributed by atoms with van der Waals surface area (Å²) in [6.45, 7) is 7.29. The zero-order valence-corrected chi connectivity index (χ0v) is 18.6. The van der Waals surface area contributed by atoms with E-state index in [2.05, 4.69) is 9.88 Å². The first-order chi connectivity index (χ1) is 14.8. The van der Waals surface area contributed by atoms with Crippen LogP contribution in [0.3, 0.4) is 0 Å². The molecular formula is C22H26ClN3O5. The third kappa shape index (κ3) is 5.19. The van der Waals surface area contributed by atoms with Crippen molar-refractivity contribution >= 4 is 35.1 Å². The quantitative estimate of drug-likeness (QED) is 0.684. The summed E-state index contributed by atoms with van der Waals surface area (Å²) >= 11 is 6.05. The summed E-state index contributed by atoms with van der Waals surface area (Å²) in [5.41, 5.74) is 2.45. The predicted octanol–water partition coefficient (Wildman–Crippen LogP) is 2.97. The average molecular weight is 448 g/mol. The Labute approximate surface area is 186 Å². The van der Waals surface area contributed by atoms with E-state index in [9.17, 15) is 14.4 Å². The molecule has 3 rings (SSSR count). The molecule has 166 valence electrons. The first-order valence-electron chi connectivity index (χ1n) is 10.1. The largest absolute Gasteiger partial charge is 0.462 e. The molecule has 2 aromatic rings. The van der Waals surface area contributed by atoms with Crippen LogP contribution in [0.4, 0.5) is 5.69 Å². The summed E-state index contributed by atoms with van der Waals surface area (Å²) in [7, 11) is 0. The van der Waals surface area contributed by atoms with Crippen LogP contribution in [0.25, 0.3) is 0 Å². The molecule has 1 saturated heterocycles. The van der Waals surface area contributed by atoms with Gasteiger partial charge in [-0.15, -0.1) is 0 Å². The zero-order valence-electron chi connectivity index (χ0n) is 17.9. The number of anilines is 1. The first-order valence-corrected chi connectivity index (χ1v) is 10.5. The number of ether oxygens (including phenoxy) is 2. The van der Waals surface area contributed by atoms with Crippen LogP contribution in [0.2, 0.25) is 5.02 Å². The number of H-pyrrole nitrogens is 1. The lowest BCUT2D eigenvalue weighted by Crippen LogP contribution is -2.49. The number of nitrogens with zero attached hydrogens (tertiary/aromatic N) is 2. The van der Waals surface area contributed by atoms with Gasteiger partial charge >= 0.3 is 11.9 Å². The van der Waals surface area contributed by atoms with Gasteiger partial charge in [-0.3, -0.25) is 4.79 Å². The van der Waals surface area contributed by atoms with Crippen molar-refractivity contribution in [2.45, 2.75) is 20.8 Å². The number of piperazine rings is 1. The molecule has 8 nitrogen and oxygen atoms in total. The number of aromatic nitrogens is 1. The van der Waals surface area contributed by atoms with Crippen molar-refractivity contribution in [2.24, 2.45) is 0 Å². The maximum Gasteiger partial charge on any atom is 0.355 e. The van der Waals surface area contributed by atoms with Crippen molar-refractivity contribution in [1.82, 2.24) is 9.88 Å². The highest BCUT2D eigenvalue weighted by atomic mass is 35.5. The molecule has 0 unspecified atom stereocenters. The van der Waals surface area contributed by atoms with Gasteiger partial charge < -0.3 is 24.3 Å². The van der Waals surface area contributed by atoms with E-state index in [1.165, 1.54) is 0 Å². The fourth-order valence-corrected chi connectivity index (χ4v) is 3.83. The molecule has 31 heavy (non-hydrogen) atoms. The van der Waals surface area contributed by atoms with Gasteiger partial charge in [0.2, 0.25) is 0 Å². The van der Waals surface area contributed by atoms with E-state index in [4.69, 9.17) is 21.1 Å². The third-order valence-corrected chi connectivity index (χ3v) is 5.49. The number of rotatable bonds is 6. The molecule has 0 atom stereocenters. The van der Waals surface area contributed by atoms with Crippen LogP contribution in [-0.2, 0) is 14.3 Å². The van der Waals surface area contributed by atoms with E-state index in [-0.39, 0.29) is 24.8 Å². The second-order valence-corrected chi connectivity index (χ2v) is 7.71. The highest BCUT2D eigenvalue weighted by Gasteiger charge is 2.26. The van der Waals surface area contributed by atoms with Crippen molar-refractivity contribution in [1.29, 1.82) is 0 Å².